The molecule has 0 amide bonds. The number of thiophene rings is 1. The Morgan fingerprint density at radius 1 is 1.35 bits per heavy atom. The molecule has 1 fully saturated rings. The van der Waals surface area contributed by atoms with E-state index in [-0.39, 0.29) is 5.78 Å². The van der Waals surface area contributed by atoms with E-state index >= 15 is 0 Å². The summed E-state index contributed by atoms with van der Waals surface area (Å²) in [5.41, 5.74) is 6.49. The maximum Gasteiger partial charge on any atom is 0.171 e. The SMILES string of the molecule is CC(=O)c1sc(N2CCCN(C)CC2)cc1N. The minimum Gasteiger partial charge on any atom is -0.397 e. The van der Waals surface area contributed by atoms with E-state index < -0.39 is 0 Å². The summed E-state index contributed by atoms with van der Waals surface area (Å²) in [6.45, 7) is 5.82. The minimum absolute atomic E-state index is 0.0608. The number of carbonyl (C=O) groups excluding carboxylic acids is 1. The molecular formula is C12H19N3OS. The van der Waals surface area contributed by atoms with Gasteiger partial charge in [0.15, 0.2) is 5.78 Å². The summed E-state index contributed by atoms with van der Waals surface area (Å²) in [4.78, 5) is 16.7. The average molecular weight is 253 g/mol. The number of rotatable bonds is 2. The van der Waals surface area contributed by atoms with Gasteiger partial charge in [-0.3, -0.25) is 4.79 Å². The Morgan fingerprint density at radius 3 is 2.76 bits per heavy atom. The summed E-state index contributed by atoms with van der Waals surface area (Å²) < 4.78 is 0. The molecule has 17 heavy (non-hydrogen) atoms. The Balaban J connectivity index is 2.16. The first-order chi connectivity index (χ1) is 8.08. The molecule has 0 spiro atoms. The summed E-state index contributed by atoms with van der Waals surface area (Å²) in [6, 6.07) is 1.94. The van der Waals surface area contributed by atoms with Crippen LogP contribution in [0.25, 0.3) is 0 Å². The van der Waals surface area contributed by atoms with Gasteiger partial charge in [-0.1, -0.05) is 0 Å². The Morgan fingerprint density at radius 2 is 2.12 bits per heavy atom. The van der Waals surface area contributed by atoms with Crippen molar-refractivity contribution in [1.82, 2.24) is 4.90 Å². The minimum atomic E-state index is 0.0608. The highest BCUT2D eigenvalue weighted by Gasteiger charge is 2.17. The third-order valence-corrected chi connectivity index (χ3v) is 4.41. The molecule has 0 bridgehead atoms. The summed E-state index contributed by atoms with van der Waals surface area (Å²) in [5.74, 6) is 0.0608. The fourth-order valence-electron chi connectivity index (χ4n) is 2.09. The zero-order valence-electron chi connectivity index (χ0n) is 10.4. The number of likely N-dealkylation sites (N-methyl/N-ethyl adjacent to an activating group) is 1. The second kappa shape index (κ2) is 5.06. The fourth-order valence-corrected chi connectivity index (χ4v) is 3.12. The van der Waals surface area contributed by atoms with Crippen molar-refractivity contribution < 1.29 is 4.79 Å². The summed E-state index contributed by atoms with van der Waals surface area (Å²) >= 11 is 1.52. The molecule has 1 saturated heterocycles. The molecule has 2 rings (SSSR count). The first-order valence-corrected chi connectivity index (χ1v) is 6.73. The van der Waals surface area contributed by atoms with Crippen molar-refractivity contribution in [2.24, 2.45) is 0 Å². The molecule has 1 aromatic heterocycles. The number of carbonyl (C=O) groups is 1. The molecule has 0 atom stereocenters. The van der Waals surface area contributed by atoms with Gasteiger partial charge in [0.2, 0.25) is 0 Å². The van der Waals surface area contributed by atoms with Gasteiger partial charge in [0.1, 0.15) is 0 Å². The van der Waals surface area contributed by atoms with Gasteiger partial charge in [-0.25, -0.2) is 0 Å². The molecule has 1 aliphatic rings. The largest absolute Gasteiger partial charge is 0.397 e. The first kappa shape index (κ1) is 12.4. The number of anilines is 2. The molecule has 0 aromatic carbocycles. The fraction of sp³-hybridized carbons (Fsp3) is 0.583. The molecule has 0 radical (unpaired) electrons. The number of Topliss-reactive ketones (excluding diaryl/α,β-unsaturated/α-hetero) is 1. The summed E-state index contributed by atoms with van der Waals surface area (Å²) in [7, 11) is 2.15. The summed E-state index contributed by atoms with van der Waals surface area (Å²) in [5, 5.41) is 1.13. The Hall–Kier alpha value is -1.07. The highest BCUT2D eigenvalue weighted by molar-refractivity contribution is 7.18. The normalized spacial score (nSPS) is 18.1. The first-order valence-electron chi connectivity index (χ1n) is 5.91. The van der Waals surface area contributed by atoms with Crippen LogP contribution in [0.5, 0.6) is 0 Å². The zero-order valence-corrected chi connectivity index (χ0v) is 11.2. The quantitative estimate of drug-likeness (QED) is 0.815. The van der Waals surface area contributed by atoms with E-state index in [4.69, 9.17) is 5.73 Å². The number of hydrogen-bond acceptors (Lipinski definition) is 5. The van der Waals surface area contributed by atoms with Gasteiger partial charge in [0.05, 0.1) is 15.6 Å². The monoisotopic (exact) mass is 253 g/mol. The van der Waals surface area contributed by atoms with Gasteiger partial charge in [0.25, 0.3) is 0 Å². The lowest BCUT2D eigenvalue weighted by Gasteiger charge is -2.20. The molecule has 0 aliphatic carbocycles. The van der Waals surface area contributed by atoms with Gasteiger partial charge < -0.3 is 15.5 Å². The number of nitrogen functional groups attached to an aromatic ring is 1. The Labute approximate surface area is 106 Å². The number of ketones is 1. The predicted octanol–water partition coefficient (Wildman–Crippen LogP) is 1.67. The third kappa shape index (κ3) is 2.79. The van der Waals surface area contributed by atoms with E-state index in [1.165, 1.54) is 11.3 Å². The standard InChI is InChI=1S/C12H19N3OS/c1-9(16)12-10(13)8-11(17-12)15-5-3-4-14(2)6-7-15/h8H,3-7,13H2,1-2H3. The molecule has 0 unspecified atom stereocenters. The van der Waals surface area contributed by atoms with Crippen LogP contribution in [0.15, 0.2) is 6.07 Å². The van der Waals surface area contributed by atoms with Crippen molar-refractivity contribution in [2.45, 2.75) is 13.3 Å². The van der Waals surface area contributed by atoms with E-state index in [9.17, 15) is 4.79 Å². The van der Waals surface area contributed by atoms with Crippen molar-refractivity contribution in [3.8, 4) is 0 Å². The topological polar surface area (TPSA) is 49.6 Å². The van der Waals surface area contributed by atoms with Crippen LogP contribution in [-0.2, 0) is 0 Å². The predicted molar refractivity (Wildman–Crippen MR) is 73.1 cm³/mol. The van der Waals surface area contributed by atoms with Crippen LogP contribution >= 0.6 is 11.3 Å². The smallest absolute Gasteiger partial charge is 0.171 e. The summed E-state index contributed by atoms with van der Waals surface area (Å²) in [6.07, 6.45) is 1.16. The second-order valence-corrected chi connectivity index (χ2v) is 5.60. The lowest BCUT2D eigenvalue weighted by Crippen LogP contribution is -2.28. The van der Waals surface area contributed by atoms with Crippen molar-refractivity contribution in [3.63, 3.8) is 0 Å². The van der Waals surface area contributed by atoms with E-state index in [0.29, 0.717) is 10.6 Å². The van der Waals surface area contributed by atoms with Crippen LogP contribution in [0.3, 0.4) is 0 Å². The van der Waals surface area contributed by atoms with E-state index in [1.54, 1.807) is 6.92 Å². The van der Waals surface area contributed by atoms with Gasteiger partial charge >= 0.3 is 0 Å². The number of nitrogens with two attached hydrogens (primary N) is 1. The Kier molecular flexibility index (Phi) is 3.69. The van der Waals surface area contributed by atoms with Crippen LogP contribution < -0.4 is 10.6 Å². The average Bonchev–Trinajstić information content (AvgIpc) is 2.52. The second-order valence-electron chi connectivity index (χ2n) is 4.57. The number of nitrogens with zero attached hydrogens (tertiary/aromatic N) is 2. The molecule has 94 valence electrons. The van der Waals surface area contributed by atoms with Crippen LogP contribution in [-0.4, -0.2) is 43.9 Å². The van der Waals surface area contributed by atoms with E-state index in [2.05, 4.69) is 16.8 Å². The Bertz CT molecular complexity index is 416. The molecule has 2 heterocycles. The maximum absolute atomic E-state index is 11.4. The molecule has 5 heteroatoms. The molecule has 1 aromatic rings. The van der Waals surface area contributed by atoms with Crippen molar-refractivity contribution >= 4 is 27.8 Å². The zero-order chi connectivity index (χ0) is 12.4. The van der Waals surface area contributed by atoms with Crippen molar-refractivity contribution in [2.75, 3.05) is 43.9 Å². The van der Waals surface area contributed by atoms with E-state index in [1.807, 2.05) is 6.07 Å². The van der Waals surface area contributed by atoms with Crippen LogP contribution in [0.1, 0.15) is 23.0 Å². The van der Waals surface area contributed by atoms with Crippen molar-refractivity contribution in [3.05, 3.63) is 10.9 Å². The third-order valence-electron chi connectivity index (χ3n) is 3.10. The van der Waals surface area contributed by atoms with Gasteiger partial charge in [0, 0.05) is 26.6 Å². The molecule has 2 N–H and O–H groups in total. The lowest BCUT2D eigenvalue weighted by molar-refractivity contribution is 0.102. The van der Waals surface area contributed by atoms with Crippen LogP contribution in [0.4, 0.5) is 10.7 Å². The van der Waals surface area contributed by atoms with Gasteiger partial charge in [-0.2, -0.15) is 0 Å². The highest BCUT2D eigenvalue weighted by atomic mass is 32.1. The van der Waals surface area contributed by atoms with Crippen LogP contribution in [0.2, 0.25) is 0 Å². The molecule has 4 nitrogen and oxygen atoms in total. The maximum atomic E-state index is 11.4. The highest BCUT2D eigenvalue weighted by Crippen LogP contribution is 2.32. The molecule has 0 saturated carbocycles. The molecular weight excluding hydrogens is 234 g/mol. The van der Waals surface area contributed by atoms with Crippen molar-refractivity contribution in [1.29, 1.82) is 0 Å². The molecule has 1 aliphatic heterocycles. The van der Waals surface area contributed by atoms with Gasteiger partial charge in [-0.15, -0.1) is 11.3 Å². The van der Waals surface area contributed by atoms with Gasteiger partial charge in [-0.05, 0) is 26.1 Å². The number of hydrogen-bond donors (Lipinski definition) is 1. The van der Waals surface area contributed by atoms with Crippen LogP contribution in [0, 0.1) is 0 Å². The van der Waals surface area contributed by atoms with E-state index in [0.717, 1.165) is 37.6 Å². The lowest BCUT2D eigenvalue weighted by atomic mass is 10.3.